The maximum Gasteiger partial charge on any atom is 0.292 e. The fourth-order valence-electron chi connectivity index (χ4n) is 1.27. The lowest BCUT2D eigenvalue weighted by atomic mass is 10.2. The van der Waals surface area contributed by atoms with Crippen molar-refractivity contribution in [3.8, 4) is 17.1 Å². The molecule has 4 nitrogen and oxygen atoms in total. The van der Waals surface area contributed by atoms with Gasteiger partial charge in [0.2, 0.25) is 0 Å². The lowest BCUT2D eigenvalue weighted by Crippen LogP contribution is -1.86. The molecule has 2 N–H and O–H groups in total. The SMILES string of the molecule is COc1cccc(-c2cnc(N)o2)c1Br. The number of anilines is 1. The zero-order valence-corrected chi connectivity index (χ0v) is 9.61. The largest absolute Gasteiger partial charge is 0.496 e. The highest BCUT2D eigenvalue weighted by molar-refractivity contribution is 9.10. The van der Waals surface area contributed by atoms with E-state index in [1.54, 1.807) is 13.3 Å². The molecule has 0 fully saturated rings. The Morgan fingerprint density at radius 1 is 1.47 bits per heavy atom. The quantitative estimate of drug-likeness (QED) is 0.910. The summed E-state index contributed by atoms with van der Waals surface area (Å²) in [5, 5.41) is 0. The van der Waals surface area contributed by atoms with Gasteiger partial charge in [0.1, 0.15) is 5.75 Å². The Bertz CT molecular complexity index is 482. The average molecular weight is 269 g/mol. The molecule has 2 rings (SSSR count). The number of nitrogen functional groups attached to an aromatic ring is 1. The first-order chi connectivity index (χ1) is 7.22. The van der Waals surface area contributed by atoms with E-state index in [0.29, 0.717) is 5.76 Å². The Labute approximate surface area is 95.2 Å². The third-order valence-electron chi connectivity index (χ3n) is 1.97. The number of nitrogens with two attached hydrogens (primary N) is 1. The van der Waals surface area contributed by atoms with Crippen LogP contribution in [0.15, 0.2) is 33.3 Å². The Kier molecular flexibility index (Phi) is 2.64. The van der Waals surface area contributed by atoms with E-state index in [0.717, 1.165) is 15.8 Å². The molecule has 0 aliphatic rings. The molecule has 0 aliphatic carbocycles. The minimum atomic E-state index is 0.153. The van der Waals surface area contributed by atoms with Crippen LogP contribution in [-0.2, 0) is 0 Å². The topological polar surface area (TPSA) is 61.3 Å². The summed E-state index contributed by atoms with van der Waals surface area (Å²) in [4.78, 5) is 3.84. The normalized spacial score (nSPS) is 10.3. The Balaban J connectivity index is 2.53. The molecule has 1 heterocycles. The molecule has 15 heavy (non-hydrogen) atoms. The van der Waals surface area contributed by atoms with Crippen molar-refractivity contribution in [2.75, 3.05) is 12.8 Å². The number of ether oxygens (including phenoxy) is 1. The lowest BCUT2D eigenvalue weighted by Gasteiger charge is -2.05. The number of hydrogen-bond acceptors (Lipinski definition) is 4. The second-order valence-corrected chi connectivity index (χ2v) is 3.68. The Hall–Kier alpha value is -1.49. The summed E-state index contributed by atoms with van der Waals surface area (Å²) in [7, 11) is 1.61. The van der Waals surface area contributed by atoms with Gasteiger partial charge in [0.15, 0.2) is 5.76 Å². The molecule has 0 saturated heterocycles. The molecule has 0 aliphatic heterocycles. The minimum absolute atomic E-state index is 0.153. The van der Waals surface area contributed by atoms with Crippen LogP contribution in [-0.4, -0.2) is 12.1 Å². The summed E-state index contributed by atoms with van der Waals surface area (Å²) in [5.74, 6) is 1.35. The molecule has 78 valence electrons. The van der Waals surface area contributed by atoms with E-state index in [1.807, 2.05) is 18.2 Å². The molecule has 0 spiro atoms. The number of oxazole rings is 1. The standard InChI is InChI=1S/C10H9BrN2O2/c1-14-7-4-2-3-6(9(7)11)8-5-13-10(12)15-8/h2-5H,1H3,(H2,12,13). The summed E-state index contributed by atoms with van der Waals surface area (Å²) in [5.41, 5.74) is 6.27. The number of halogens is 1. The van der Waals surface area contributed by atoms with Crippen molar-refractivity contribution in [2.45, 2.75) is 0 Å². The van der Waals surface area contributed by atoms with Crippen molar-refractivity contribution < 1.29 is 9.15 Å². The van der Waals surface area contributed by atoms with E-state index in [4.69, 9.17) is 14.9 Å². The van der Waals surface area contributed by atoms with Gasteiger partial charge < -0.3 is 14.9 Å². The van der Waals surface area contributed by atoms with Crippen LogP contribution in [0.5, 0.6) is 5.75 Å². The molecule has 1 aromatic carbocycles. The van der Waals surface area contributed by atoms with Crippen LogP contribution in [0.4, 0.5) is 6.01 Å². The zero-order valence-electron chi connectivity index (χ0n) is 8.03. The number of methoxy groups -OCH3 is 1. The van der Waals surface area contributed by atoms with Crippen LogP contribution in [0, 0.1) is 0 Å². The molecular weight excluding hydrogens is 260 g/mol. The van der Waals surface area contributed by atoms with Gasteiger partial charge in [0.05, 0.1) is 17.8 Å². The van der Waals surface area contributed by atoms with Gasteiger partial charge in [-0.15, -0.1) is 0 Å². The summed E-state index contributed by atoms with van der Waals surface area (Å²) < 4.78 is 11.2. The smallest absolute Gasteiger partial charge is 0.292 e. The summed E-state index contributed by atoms with van der Waals surface area (Å²) in [6.45, 7) is 0. The number of rotatable bonds is 2. The van der Waals surface area contributed by atoms with Crippen molar-refractivity contribution in [3.63, 3.8) is 0 Å². The summed E-state index contributed by atoms with van der Waals surface area (Å²) in [6.07, 6.45) is 1.58. The predicted octanol–water partition coefficient (Wildman–Crippen LogP) is 2.69. The number of hydrogen-bond donors (Lipinski definition) is 1. The molecule has 1 aromatic heterocycles. The second kappa shape index (κ2) is 3.94. The number of nitrogens with zero attached hydrogens (tertiary/aromatic N) is 1. The van der Waals surface area contributed by atoms with Gasteiger partial charge >= 0.3 is 0 Å². The third-order valence-corrected chi connectivity index (χ3v) is 2.79. The molecule has 0 amide bonds. The Morgan fingerprint density at radius 3 is 2.87 bits per heavy atom. The van der Waals surface area contributed by atoms with Crippen molar-refractivity contribution in [3.05, 3.63) is 28.9 Å². The lowest BCUT2D eigenvalue weighted by molar-refractivity contribution is 0.412. The first kappa shape index (κ1) is 10.0. The first-order valence-electron chi connectivity index (χ1n) is 4.26. The van der Waals surface area contributed by atoms with E-state index in [2.05, 4.69) is 20.9 Å². The van der Waals surface area contributed by atoms with Crippen molar-refractivity contribution in [1.29, 1.82) is 0 Å². The molecule has 0 bridgehead atoms. The van der Waals surface area contributed by atoms with Crippen LogP contribution >= 0.6 is 15.9 Å². The van der Waals surface area contributed by atoms with Gasteiger partial charge in [-0.2, -0.15) is 0 Å². The minimum Gasteiger partial charge on any atom is -0.496 e. The monoisotopic (exact) mass is 268 g/mol. The first-order valence-corrected chi connectivity index (χ1v) is 5.06. The van der Waals surface area contributed by atoms with Crippen molar-refractivity contribution in [2.24, 2.45) is 0 Å². The van der Waals surface area contributed by atoms with Crippen LogP contribution in [0.2, 0.25) is 0 Å². The van der Waals surface area contributed by atoms with Crippen molar-refractivity contribution >= 4 is 21.9 Å². The van der Waals surface area contributed by atoms with Crippen LogP contribution in [0.1, 0.15) is 0 Å². The van der Waals surface area contributed by atoms with Crippen LogP contribution < -0.4 is 10.5 Å². The van der Waals surface area contributed by atoms with E-state index in [9.17, 15) is 0 Å². The molecular formula is C10H9BrN2O2. The van der Waals surface area contributed by atoms with Gasteiger partial charge in [-0.1, -0.05) is 6.07 Å². The molecule has 5 heteroatoms. The summed E-state index contributed by atoms with van der Waals surface area (Å²) >= 11 is 3.43. The molecule has 2 aromatic rings. The number of aromatic nitrogens is 1. The van der Waals surface area contributed by atoms with E-state index >= 15 is 0 Å². The van der Waals surface area contributed by atoms with Gasteiger partial charge in [-0.25, -0.2) is 4.98 Å². The summed E-state index contributed by atoms with van der Waals surface area (Å²) in [6, 6.07) is 5.78. The Morgan fingerprint density at radius 2 is 2.27 bits per heavy atom. The molecule has 0 atom stereocenters. The maximum atomic E-state index is 5.41. The van der Waals surface area contributed by atoms with Gasteiger partial charge in [-0.05, 0) is 28.1 Å². The third kappa shape index (κ3) is 1.83. The molecule has 0 saturated carbocycles. The fraction of sp³-hybridized carbons (Fsp3) is 0.100. The van der Waals surface area contributed by atoms with Crippen LogP contribution in [0.25, 0.3) is 11.3 Å². The van der Waals surface area contributed by atoms with Crippen molar-refractivity contribution in [1.82, 2.24) is 4.98 Å². The highest BCUT2D eigenvalue weighted by atomic mass is 79.9. The average Bonchev–Trinajstić information content (AvgIpc) is 2.65. The van der Waals surface area contributed by atoms with Crippen LogP contribution in [0.3, 0.4) is 0 Å². The van der Waals surface area contributed by atoms with E-state index in [-0.39, 0.29) is 6.01 Å². The fourth-order valence-corrected chi connectivity index (χ4v) is 1.89. The second-order valence-electron chi connectivity index (χ2n) is 2.88. The van der Waals surface area contributed by atoms with E-state index < -0.39 is 0 Å². The highest BCUT2D eigenvalue weighted by Gasteiger charge is 2.11. The molecule has 0 radical (unpaired) electrons. The maximum absolute atomic E-state index is 5.41. The van der Waals surface area contributed by atoms with Gasteiger partial charge in [0, 0.05) is 5.56 Å². The van der Waals surface area contributed by atoms with Gasteiger partial charge in [0.25, 0.3) is 6.01 Å². The highest BCUT2D eigenvalue weighted by Crippen LogP contribution is 2.35. The zero-order chi connectivity index (χ0) is 10.8. The predicted molar refractivity (Wildman–Crippen MR) is 60.6 cm³/mol. The van der Waals surface area contributed by atoms with Gasteiger partial charge in [-0.3, -0.25) is 0 Å². The van der Waals surface area contributed by atoms with E-state index in [1.165, 1.54) is 0 Å². The molecule has 0 unspecified atom stereocenters. The number of benzene rings is 1.